The fourth-order valence-corrected chi connectivity index (χ4v) is 6.39. The van der Waals surface area contributed by atoms with E-state index in [0.717, 1.165) is 30.8 Å². The fourth-order valence-electron chi connectivity index (χ4n) is 6.10. The van der Waals surface area contributed by atoms with Gasteiger partial charge in [0.2, 0.25) is 5.91 Å². The van der Waals surface area contributed by atoms with Gasteiger partial charge in [0.15, 0.2) is 5.82 Å². The Morgan fingerprint density at radius 2 is 2.07 bits per heavy atom. The van der Waals surface area contributed by atoms with Gasteiger partial charge in [-0.25, -0.2) is 8.78 Å². The highest BCUT2D eigenvalue weighted by atomic mass is 35.5. The van der Waals surface area contributed by atoms with Crippen LogP contribution in [0.4, 0.5) is 14.6 Å². The molecule has 0 radical (unpaired) electrons. The SMILES string of the molecule is CN1CCC[C@H]1COc1nc(N2CCN(C(=O)/C=C/CF)[C@@H](CC#N)C2)c2cnc(-c3cncc4cccc(Cl)c34)c(F)c2n1. The number of nitriles is 1. The van der Waals surface area contributed by atoms with E-state index >= 15 is 4.39 Å². The second-order valence-corrected chi connectivity index (χ2v) is 11.6. The van der Waals surface area contributed by atoms with Crippen LogP contribution < -0.4 is 9.64 Å². The third-order valence-corrected chi connectivity index (χ3v) is 8.76. The molecule has 5 heterocycles. The normalized spacial score (nSPS) is 19.1. The first-order valence-electron chi connectivity index (χ1n) is 14.8. The number of hydrogen-bond donors (Lipinski definition) is 0. The molecule has 2 aliphatic rings. The van der Waals surface area contributed by atoms with E-state index in [1.807, 2.05) is 18.0 Å². The van der Waals surface area contributed by atoms with Gasteiger partial charge < -0.3 is 19.4 Å². The summed E-state index contributed by atoms with van der Waals surface area (Å²) in [6.45, 7) is 1.37. The van der Waals surface area contributed by atoms with Crippen molar-refractivity contribution in [2.24, 2.45) is 0 Å². The number of amides is 1. The van der Waals surface area contributed by atoms with E-state index in [1.165, 1.54) is 18.5 Å². The number of fused-ring (bicyclic) bond motifs is 2. The molecule has 13 heteroatoms. The smallest absolute Gasteiger partial charge is 0.319 e. The number of carbonyl (C=O) groups is 1. The van der Waals surface area contributed by atoms with Crippen LogP contribution in [0.15, 0.2) is 48.9 Å². The Bertz CT molecular complexity index is 1810. The van der Waals surface area contributed by atoms with Gasteiger partial charge in [0.25, 0.3) is 0 Å². The number of pyridine rings is 2. The zero-order chi connectivity index (χ0) is 31.5. The van der Waals surface area contributed by atoms with E-state index in [-0.39, 0.29) is 48.7 Å². The van der Waals surface area contributed by atoms with Gasteiger partial charge in [0.05, 0.1) is 23.9 Å². The first-order valence-corrected chi connectivity index (χ1v) is 15.1. The number of carbonyl (C=O) groups excluding carboxylic acids is 1. The molecule has 232 valence electrons. The minimum atomic E-state index is -0.761. The monoisotopic (exact) mass is 632 g/mol. The van der Waals surface area contributed by atoms with E-state index in [2.05, 4.69) is 25.9 Å². The highest BCUT2D eigenvalue weighted by molar-refractivity contribution is 6.36. The zero-order valence-corrected chi connectivity index (χ0v) is 25.4. The van der Waals surface area contributed by atoms with Gasteiger partial charge in [0, 0.05) is 71.7 Å². The topological polar surface area (TPSA) is 111 Å². The van der Waals surface area contributed by atoms with Crippen molar-refractivity contribution in [2.45, 2.75) is 31.3 Å². The summed E-state index contributed by atoms with van der Waals surface area (Å²) in [6, 6.07) is 7.22. The molecule has 0 spiro atoms. The predicted octanol–water partition coefficient (Wildman–Crippen LogP) is 4.96. The molecule has 0 aliphatic carbocycles. The summed E-state index contributed by atoms with van der Waals surface area (Å²) < 4.78 is 35.4. The van der Waals surface area contributed by atoms with Crippen molar-refractivity contribution in [3.05, 3.63) is 59.8 Å². The molecule has 2 saturated heterocycles. The summed E-state index contributed by atoms with van der Waals surface area (Å²) in [5, 5.41) is 11.7. The number of hydrogen-bond acceptors (Lipinski definition) is 9. The average Bonchev–Trinajstić information content (AvgIpc) is 3.47. The van der Waals surface area contributed by atoms with E-state index in [1.54, 1.807) is 23.2 Å². The maximum absolute atomic E-state index is 16.6. The Labute approximate surface area is 263 Å². The van der Waals surface area contributed by atoms with Crippen LogP contribution in [0, 0.1) is 17.1 Å². The van der Waals surface area contributed by atoms with Crippen LogP contribution in [0.25, 0.3) is 32.9 Å². The van der Waals surface area contributed by atoms with Crippen molar-refractivity contribution in [1.29, 1.82) is 5.26 Å². The number of piperazine rings is 1. The van der Waals surface area contributed by atoms with Crippen LogP contribution in [0.1, 0.15) is 19.3 Å². The van der Waals surface area contributed by atoms with Gasteiger partial charge >= 0.3 is 6.01 Å². The molecular formula is C32H31ClF2N8O2. The molecule has 0 N–H and O–H groups in total. The molecule has 2 atom stereocenters. The first kappa shape index (κ1) is 30.6. The third kappa shape index (κ3) is 6.10. The molecule has 6 rings (SSSR count). The molecule has 45 heavy (non-hydrogen) atoms. The van der Waals surface area contributed by atoms with Crippen molar-refractivity contribution >= 4 is 45.0 Å². The number of alkyl halides is 1. The molecule has 2 fully saturated rings. The first-order chi connectivity index (χ1) is 21.9. The van der Waals surface area contributed by atoms with Crippen LogP contribution >= 0.6 is 11.6 Å². The summed E-state index contributed by atoms with van der Waals surface area (Å²) in [7, 11) is 2.04. The number of likely N-dealkylation sites (tertiary alicyclic amines) is 1. The molecular weight excluding hydrogens is 602 g/mol. The quantitative estimate of drug-likeness (QED) is 0.249. The van der Waals surface area contributed by atoms with E-state index in [0.29, 0.717) is 40.3 Å². The Kier molecular flexibility index (Phi) is 9.00. The van der Waals surface area contributed by atoms with Crippen LogP contribution in [-0.2, 0) is 4.79 Å². The molecule has 0 unspecified atom stereocenters. The van der Waals surface area contributed by atoms with Gasteiger partial charge in [-0.05, 0) is 38.6 Å². The van der Waals surface area contributed by atoms with Crippen molar-refractivity contribution in [3.63, 3.8) is 0 Å². The van der Waals surface area contributed by atoms with Crippen LogP contribution in [0.3, 0.4) is 0 Å². The van der Waals surface area contributed by atoms with Gasteiger partial charge in [-0.3, -0.25) is 14.8 Å². The molecule has 4 aromatic rings. The number of ether oxygens (including phenoxy) is 1. The van der Waals surface area contributed by atoms with Crippen LogP contribution in [0.2, 0.25) is 5.02 Å². The summed E-state index contributed by atoms with van der Waals surface area (Å²) in [5.74, 6) is -0.660. The minimum absolute atomic E-state index is 0.0177. The van der Waals surface area contributed by atoms with Gasteiger partial charge in [-0.2, -0.15) is 15.2 Å². The van der Waals surface area contributed by atoms with Crippen molar-refractivity contribution in [1.82, 2.24) is 29.7 Å². The average molecular weight is 633 g/mol. The minimum Gasteiger partial charge on any atom is -0.462 e. The second-order valence-electron chi connectivity index (χ2n) is 11.2. The summed E-state index contributed by atoms with van der Waals surface area (Å²) in [4.78, 5) is 36.4. The molecule has 0 saturated carbocycles. The van der Waals surface area contributed by atoms with Crippen molar-refractivity contribution in [3.8, 4) is 23.3 Å². The molecule has 3 aromatic heterocycles. The lowest BCUT2D eigenvalue weighted by atomic mass is 10.0. The Morgan fingerprint density at radius 3 is 2.84 bits per heavy atom. The second kappa shape index (κ2) is 13.3. The number of likely N-dealkylation sites (N-methyl/N-ethyl adjacent to an activating group) is 1. The van der Waals surface area contributed by atoms with E-state index in [9.17, 15) is 14.4 Å². The number of rotatable bonds is 8. The van der Waals surface area contributed by atoms with Crippen molar-refractivity contribution in [2.75, 3.05) is 51.4 Å². The van der Waals surface area contributed by atoms with Gasteiger partial charge in [0.1, 0.15) is 30.3 Å². The van der Waals surface area contributed by atoms with Crippen LogP contribution in [-0.4, -0.2) is 94.2 Å². The lowest BCUT2D eigenvalue weighted by Gasteiger charge is -2.41. The van der Waals surface area contributed by atoms with Gasteiger partial charge in [-0.1, -0.05) is 23.7 Å². The molecule has 10 nitrogen and oxygen atoms in total. The number of anilines is 1. The molecule has 2 aliphatic heterocycles. The number of aromatic nitrogens is 4. The lowest BCUT2D eigenvalue weighted by molar-refractivity contribution is -0.128. The largest absolute Gasteiger partial charge is 0.462 e. The zero-order valence-electron chi connectivity index (χ0n) is 24.7. The Morgan fingerprint density at radius 1 is 1.20 bits per heavy atom. The molecule has 1 amide bonds. The highest BCUT2D eigenvalue weighted by Gasteiger charge is 2.32. The summed E-state index contributed by atoms with van der Waals surface area (Å²) >= 11 is 6.54. The predicted molar refractivity (Wildman–Crippen MR) is 167 cm³/mol. The fraction of sp³-hybridized carbons (Fsp3) is 0.375. The number of benzene rings is 1. The Hall–Kier alpha value is -4.47. The maximum atomic E-state index is 16.6. The van der Waals surface area contributed by atoms with Crippen LogP contribution in [0.5, 0.6) is 6.01 Å². The highest BCUT2D eigenvalue weighted by Crippen LogP contribution is 2.37. The van der Waals surface area contributed by atoms with E-state index < -0.39 is 18.5 Å². The summed E-state index contributed by atoms with van der Waals surface area (Å²) in [5.41, 5.74) is 0.484. The summed E-state index contributed by atoms with van der Waals surface area (Å²) in [6.07, 6.45) is 9.12. The van der Waals surface area contributed by atoms with Crippen molar-refractivity contribution < 1.29 is 18.3 Å². The number of halogens is 3. The van der Waals surface area contributed by atoms with Gasteiger partial charge in [-0.15, -0.1) is 0 Å². The van der Waals surface area contributed by atoms with E-state index in [4.69, 9.17) is 21.3 Å². The molecule has 1 aromatic carbocycles. The number of allylic oxidation sites excluding steroid dienone is 1. The Balaban J connectivity index is 1.43. The number of nitrogens with zero attached hydrogens (tertiary/aromatic N) is 8. The standard InChI is InChI=1S/C32H31ClF2N8O2/c1-41-12-4-6-22(41)19-45-32-39-30-24(17-38-29(28(30)35)23-16-37-15-20-5-2-7-25(33)27(20)23)31(40-32)42-13-14-43(21(18-42)9-11-36)26(44)8-3-10-34/h2-3,5,7-8,15-17,21-22H,4,6,9-10,12-14,18-19H2,1H3/b8-3+/t21-,22-/m0/s1. The maximum Gasteiger partial charge on any atom is 0.319 e. The molecule has 0 bridgehead atoms. The lowest BCUT2D eigenvalue weighted by Crippen LogP contribution is -2.55. The third-order valence-electron chi connectivity index (χ3n) is 8.45.